The Kier molecular flexibility index (Phi) is 3.60. The molecule has 2 nitrogen and oxygen atoms in total. The zero-order valence-corrected chi connectivity index (χ0v) is 11.2. The van der Waals surface area contributed by atoms with E-state index in [0.29, 0.717) is 5.92 Å². The fourth-order valence-corrected chi connectivity index (χ4v) is 2.90. The predicted molar refractivity (Wildman–Crippen MR) is 72.3 cm³/mol. The smallest absolute Gasteiger partial charge is 0.123 e. The number of thiazole rings is 1. The molecular weight excluding hydrogens is 230 g/mol. The van der Waals surface area contributed by atoms with E-state index in [1.807, 2.05) is 6.07 Å². The standard InChI is InChI=1S/C14H17NOS/c1-9(2)13-12(8-16)17-14(15-13)11-6-4-5-10(3)7-11/h4-7,9,16H,8H2,1-3H3. The summed E-state index contributed by atoms with van der Waals surface area (Å²) in [5, 5.41) is 10.4. The van der Waals surface area contributed by atoms with Crippen LogP contribution in [0.2, 0.25) is 0 Å². The predicted octanol–water partition coefficient (Wildman–Crippen LogP) is 3.73. The molecule has 0 spiro atoms. The monoisotopic (exact) mass is 247 g/mol. The highest BCUT2D eigenvalue weighted by Gasteiger charge is 2.14. The maximum atomic E-state index is 9.35. The first-order chi connectivity index (χ1) is 8.11. The molecule has 1 heterocycles. The van der Waals surface area contributed by atoms with Crippen LogP contribution >= 0.6 is 11.3 Å². The minimum Gasteiger partial charge on any atom is -0.391 e. The third-order valence-electron chi connectivity index (χ3n) is 2.68. The minimum absolute atomic E-state index is 0.0804. The lowest BCUT2D eigenvalue weighted by Gasteiger charge is -2.01. The first-order valence-electron chi connectivity index (χ1n) is 5.79. The summed E-state index contributed by atoms with van der Waals surface area (Å²) in [7, 11) is 0. The van der Waals surface area contributed by atoms with Crippen LogP contribution in [0.5, 0.6) is 0 Å². The number of hydrogen-bond acceptors (Lipinski definition) is 3. The minimum atomic E-state index is 0.0804. The number of hydrogen-bond donors (Lipinski definition) is 1. The average Bonchev–Trinajstić information content (AvgIpc) is 2.73. The third-order valence-corrected chi connectivity index (χ3v) is 3.79. The van der Waals surface area contributed by atoms with E-state index >= 15 is 0 Å². The van der Waals surface area contributed by atoms with Crippen molar-refractivity contribution in [3.05, 3.63) is 40.4 Å². The van der Waals surface area contributed by atoms with Crippen LogP contribution in [0, 0.1) is 6.92 Å². The number of nitrogens with zero attached hydrogens (tertiary/aromatic N) is 1. The Hall–Kier alpha value is -1.19. The fraction of sp³-hybridized carbons (Fsp3) is 0.357. The van der Waals surface area contributed by atoms with E-state index in [0.717, 1.165) is 21.1 Å². The van der Waals surface area contributed by atoms with E-state index in [-0.39, 0.29) is 6.61 Å². The molecule has 0 saturated carbocycles. The van der Waals surface area contributed by atoms with Crippen LogP contribution in [0.3, 0.4) is 0 Å². The molecular formula is C14H17NOS. The molecule has 0 saturated heterocycles. The number of aromatic nitrogens is 1. The summed E-state index contributed by atoms with van der Waals surface area (Å²) in [6.45, 7) is 6.37. The average molecular weight is 247 g/mol. The largest absolute Gasteiger partial charge is 0.391 e. The zero-order chi connectivity index (χ0) is 12.4. The van der Waals surface area contributed by atoms with E-state index in [9.17, 15) is 5.11 Å². The van der Waals surface area contributed by atoms with Crippen molar-refractivity contribution >= 4 is 11.3 Å². The molecule has 17 heavy (non-hydrogen) atoms. The van der Waals surface area contributed by atoms with Crippen molar-refractivity contribution in [2.24, 2.45) is 0 Å². The van der Waals surface area contributed by atoms with Gasteiger partial charge in [0, 0.05) is 5.56 Å². The van der Waals surface area contributed by atoms with Gasteiger partial charge in [-0.1, -0.05) is 37.6 Å². The summed E-state index contributed by atoms with van der Waals surface area (Å²) in [6.07, 6.45) is 0. The van der Waals surface area contributed by atoms with Gasteiger partial charge in [-0.3, -0.25) is 0 Å². The van der Waals surface area contributed by atoms with Crippen LogP contribution in [-0.4, -0.2) is 10.1 Å². The Balaban J connectivity index is 2.46. The molecule has 0 aliphatic heterocycles. The second-order valence-electron chi connectivity index (χ2n) is 4.51. The SMILES string of the molecule is Cc1cccc(-c2nc(C(C)C)c(CO)s2)c1. The summed E-state index contributed by atoms with van der Waals surface area (Å²) in [5.41, 5.74) is 3.39. The Morgan fingerprint density at radius 3 is 2.65 bits per heavy atom. The first kappa shape index (κ1) is 12.3. The lowest BCUT2D eigenvalue weighted by Crippen LogP contribution is -1.93. The summed E-state index contributed by atoms with van der Waals surface area (Å²) >= 11 is 1.59. The van der Waals surface area contributed by atoms with Crippen LogP contribution < -0.4 is 0 Å². The third kappa shape index (κ3) is 2.56. The Bertz CT molecular complexity index is 517. The molecule has 0 radical (unpaired) electrons. The molecule has 2 aromatic rings. The van der Waals surface area contributed by atoms with Crippen LogP contribution in [-0.2, 0) is 6.61 Å². The second kappa shape index (κ2) is 4.98. The van der Waals surface area contributed by atoms with Gasteiger partial charge >= 0.3 is 0 Å². The van der Waals surface area contributed by atoms with E-state index in [2.05, 4.69) is 44.0 Å². The van der Waals surface area contributed by atoms with E-state index < -0.39 is 0 Å². The number of benzene rings is 1. The summed E-state index contributed by atoms with van der Waals surface area (Å²) in [5.74, 6) is 0.354. The molecule has 0 aliphatic carbocycles. The van der Waals surface area contributed by atoms with Crippen LogP contribution in [0.25, 0.3) is 10.6 Å². The molecule has 0 fully saturated rings. The van der Waals surface area contributed by atoms with Crippen LogP contribution in [0.4, 0.5) is 0 Å². The number of aryl methyl sites for hydroxylation is 1. The Morgan fingerprint density at radius 1 is 1.35 bits per heavy atom. The highest BCUT2D eigenvalue weighted by molar-refractivity contribution is 7.15. The molecule has 90 valence electrons. The van der Waals surface area contributed by atoms with Gasteiger partial charge in [0.25, 0.3) is 0 Å². The number of aliphatic hydroxyl groups is 1. The molecule has 3 heteroatoms. The molecule has 0 bridgehead atoms. The quantitative estimate of drug-likeness (QED) is 0.896. The topological polar surface area (TPSA) is 33.1 Å². The van der Waals surface area contributed by atoms with Crippen molar-refractivity contribution in [2.75, 3.05) is 0 Å². The molecule has 1 aromatic heterocycles. The molecule has 0 unspecified atom stereocenters. The molecule has 1 N–H and O–H groups in total. The Labute approximate surface area is 106 Å². The highest BCUT2D eigenvalue weighted by Crippen LogP contribution is 2.31. The number of rotatable bonds is 3. The molecule has 0 atom stereocenters. The van der Waals surface area contributed by atoms with Crippen molar-refractivity contribution in [3.8, 4) is 10.6 Å². The van der Waals surface area contributed by atoms with Crippen molar-refractivity contribution in [1.29, 1.82) is 0 Å². The maximum Gasteiger partial charge on any atom is 0.123 e. The van der Waals surface area contributed by atoms with Gasteiger partial charge in [0.05, 0.1) is 17.2 Å². The van der Waals surface area contributed by atoms with Gasteiger partial charge in [0.15, 0.2) is 0 Å². The summed E-state index contributed by atoms with van der Waals surface area (Å²) in [4.78, 5) is 5.63. The normalized spacial score (nSPS) is 11.1. The van der Waals surface area contributed by atoms with Crippen molar-refractivity contribution in [2.45, 2.75) is 33.3 Å². The number of aliphatic hydroxyl groups excluding tert-OH is 1. The van der Waals surface area contributed by atoms with Gasteiger partial charge in [-0.05, 0) is 18.9 Å². The lowest BCUT2D eigenvalue weighted by molar-refractivity contribution is 0.283. The Morgan fingerprint density at radius 2 is 2.12 bits per heavy atom. The van der Waals surface area contributed by atoms with Crippen LogP contribution in [0.15, 0.2) is 24.3 Å². The molecule has 0 amide bonds. The van der Waals surface area contributed by atoms with Gasteiger partial charge < -0.3 is 5.11 Å². The summed E-state index contributed by atoms with van der Waals surface area (Å²) in [6, 6.07) is 8.31. The second-order valence-corrected chi connectivity index (χ2v) is 5.59. The maximum absolute atomic E-state index is 9.35. The molecule has 1 aromatic carbocycles. The van der Waals surface area contributed by atoms with Crippen molar-refractivity contribution < 1.29 is 5.11 Å². The van der Waals surface area contributed by atoms with Gasteiger partial charge in [0.2, 0.25) is 0 Å². The van der Waals surface area contributed by atoms with Crippen molar-refractivity contribution in [3.63, 3.8) is 0 Å². The van der Waals surface area contributed by atoms with Gasteiger partial charge in [0.1, 0.15) is 5.01 Å². The summed E-state index contributed by atoms with van der Waals surface area (Å²) < 4.78 is 0. The highest BCUT2D eigenvalue weighted by atomic mass is 32.1. The van der Waals surface area contributed by atoms with Crippen LogP contribution in [0.1, 0.15) is 35.9 Å². The van der Waals surface area contributed by atoms with E-state index in [1.165, 1.54) is 5.56 Å². The van der Waals surface area contributed by atoms with Crippen molar-refractivity contribution in [1.82, 2.24) is 4.98 Å². The molecule has 0 aliphatic rings. The van der Waals surface area contributed by atoms with E-state index in [4.69, 9.17) is 0 Å². The van der Waals surface area contributed by atoms with Gasteiger partial charge in [-0.25, -0.2) is 4.98 Å². The lowest BCUT2D eigenvalue weighted by atomic mass is 10.1. The van der Waals surface area contributed by atoms with Gasteiger partial charge in [-0.15, -0.1) is 11.3 Å². The fourth-order valence-electron chi connectivity index (χ4n) is 1.83. The van der Waals surface area contributed by atoms with Gasteiger partial charge in [-0.2, -0.15) is 0 Å². The van der Waals surface area contributed by atoms with E-state index in [1.54, 1.807) is 11.3 Å². The zero-order valence-electron chi connectivity index (χ0n) is 10.4. The first-order valence-corrected chi connectivity index (χ1v) is 6.61. The molecule has 2 rings (SSSR count).